The van der Waals surface area contributed by atoms with Crippen LogP contribution < -0.4 is 4.72 Å². The molecule has 0 aliphatic rings. The number of imidazole rings is 1. The van der Waals surface area contributed by atoms with E-state index in [1.54, 1.807) is 30.3 Å². The fraction of sp³-hybridized carbons (Fsp3) is 0.105. The number of fused-ring (bicyclic) bond motifs is 1. The van der Waals surface area contributed by atoms with Gasteiger partial charge in [0, 0.05) is 0 Å². The molecule has 3 rings (SSSR count). The van der Waals surface area contributed by atoms with Gasteiger partial charge in [-0.3, -0.25) is 4.79 Å². The summed E-state index contributed by atoms with van der Waals surface area (Å²) in [6, 6.07) is 13.0. The Morgan fingerprint density at radius 1 is 1.19 bits per heavy atom. The molecule has 31 heavy (non-hydrogen) atoms. The van der Waals surface area contributed by atoms with E-state index in [4.69, 9.17) is 27.9 Å². The number of nitriles is 1. The van der Waals surface area contributed by atoms with Crippen LogP contribution in [0.1, 0.15) is 5.82 Å². The number of aliphatic hydroxyl groups is 1. The molecule has 0 fully saturated rings. The number of aromatic amines is 1. The van der Waals surface area contributed by atoms with Gasteiger partial charge in [-0.2, -0.15) is 9.98 Å². The smallest absolute Gasteiger partial charge is 0.321 e. The van der Waals surface area contributed by atoms with E-state index >= 15 is 0 Å². The van der Waals surface area contributed by atoms with Gasteiger partial charge in [-0.15, -0.1) is 0 Å². The van der Waals surface area contributed by atoms with Crippen molar-refractivity contribution < 1.29 is 23.1 Å². The van der Waals surface area contributed by atoms with E-state index in [9.17, 15) is 23.6 Å². The zero-order chi connectivity index (χ0) is 22.6. The van der Waals surface area contributed by atoms with Crippen molar-refractivity contribution in [3.05, 3.63) is 64.1 Å². The number of carbonyl (C=O) groups excluding carboxylic acids is 1. The van der Waals surface area contributed by atoms with Crippen LogP contribution >= 0.6 is 23.2 Å². The Morgan fingerprint density at radius 2 is 1.87 bits per heavy atom. The highest BCUT2D eigenvalue weighted by molar-refractivity contribution is 7.89. The number of halogens is 2. The summed E-state index contributed by atoms with van der Waals surface area (Å²) in [7, 11) is -4.19. The van der Waals surface area contributed by atoms with Crippen LogP contribution in [-0.2, 0) is 19.6 Å². The number of aromatic nitrogens is 2. The number of H-pyrrole nitrogens is 1. The molecule has 1 heterocycles. The van der Waals surface area contributed by atoms with E-state index in [0.29, 0.717) is 11.0 Å². The lowest BCUT2D eigenvalue weighted by atomic mass is 10.2. The lowest BCUT2D eigenvalue weighted by molar-refractivity contribution is -0.141. The lowest BCUT2D eigenvalue weighted by Crippen LogP contribution is -2.31. The normalized spacial score (nSPS) is 12.3. The number of para-hydroxylation sites is 2. The van der Waals surface area contributed by atoms with Gasteiger partial charge in [0.15, 0.2) is 11.6 Å². The van der Waals surface area contributed by atoms with E-state index in [1.165, 1.54) is 18.2 Å². The maximum Gasteiger partial charge on any atom is 0.321 e. The van der Waals surface area contributed by atoms with Crippen LogP contribution in [0.4, 0.5) is 0 Å². The fourth-order valence-electron chi connectivity index (χ4n) is 2.56. The molecule has 0 saturated carbocycles. The van der Waals surface area contributed by atoms with Crippen LogP contribution in [0, 0.1) is 11.3 Å². The Bertz CT molecular complexity index is 1280. The molecule has 160 valence electrons. The van der Waals surface area contributed by atoms with Crippen molar-refractivity contribution in [2.45, 2.75) is 4.90 Å². The second-order valence-electron chi connectivity index (χ2n) is 6.07. The first-order valence-corrected chi connectivity index (χ1v) is 10.8. The molecule has 1 aromatic heterocycles. The first-order valence-electron chi connectivity index (χ1n) is 8.59. The summed E-state index contributed by atoms with van der Waals surface area (Å²) < 4.78 is 31.5. The molecule has 12 heteroatoms. The summed E-state index contributed by atoms with van der Waals surface area (Å²) in [5.41, 5.74) is 1.03. The second kappa shape index (κ2) is 9.36. The zero-order valence-electron chi connectivity index (χ0n) is 15.6. The molecule has 3 aromatic rings. The highest BCUT2D eigenvalue weighted by atomic mass is 35.5. The number of allylic oxidation sites excluding steroid dienone is 1. The molecule has 0 atom stereocenters. The average molecular weight is 481 g/mol. The molecule has 0 aliphatic carbocycles. The molecule has 0 saturated heterocycles. The number of hydrogen-bond acceptors (Lipinski definition) is 7. The molecule has 0 unspecified atom stereocenters. The van der Waals surface area contributed by atoms with Gasteiger partial charge in [0.2, 0.25) is 10.0 Å². The number of nitrogens with one attached hydrogen (secondary N) is 2. The summed E-state index contributed by atoms with van der Waals surface area (Å²) in [5, 5.41) is 19.3. The molecule has 0 aliphatic heterocycles. The summed E-state index contributed by atoms with van der Waals surface area (Å²) >= 11 is 11.7. The standard InChI is InChI=1S/C19H14Cl2N4O5S/c20-12-4-3-5-13(21)18(12)31(28,29)23-9-17(27)30-10-16(26)11(8-22)19-24-14-6-1-2-7-15(14)25-19/h1-7,23,26H,9-10H2,(H,24,25)/b16-11-. The number of ether oxygens (including phenoxy) is 1. The maximum atomic E-state index is 12.3. The van der Waals surface area contributed by atoms with E-state index in [1.807, 2.05) is 4.72 Å². The minimum absolute atomic E-state index is 0.103. The number of aliphatic hydroxyl groups excluding tert-OH is 1. The molecule has 3 N–H and O–H groups in total. The number of rotatable bonds is 7. The number of nitrogens with zero attached hydrogens (tertiary/aromatic N) is 2. The molecule has 2 aromatic carbocycles. The van der Waals surface area contributed by atoms with Crippen LogP contribution in [0.5, 0.6) is 0 Å². The Labute approximate surface area is 186 Å². The average Bonchev–Trinajstić information content (AvgIpc) is 3.14. The second-order valence-corrected chi connectivity index (χ2v) is 8.59. The van der Waals surface area contributed by atoms with Crippen molar-refractivity contribution in [1.29, 1.82) is 5.26 Å². The minimum atomic E-state index is -4.19. The largest absolute Gasteiger partial charge is 0.507 e. The van der Waals surface area contributed by atoms with Crippen molar-refractivity contribution in [3.63, 3.8) is 0 Å². The van der Waals surface area contributed by atoms with Gasteiger partial charge in [-0.1, -0.05) is 41.4 Å². The van der Waals surface area contributed by atoms with E-state index in [-0.39, 0.29) is 26.3 Å². The molecule has 0 bridgehead atoms. The SMILES string of the molecule is N#C/C(=C(/O)COC(=O)CNS(=O)(=O)c1c(Cl)cccc1Cl)c1nc2ccccc2[nH]1. The first kappa shape index (κ1) is 22.6. The van der Waals surface area contributed by atoms with E-state index < -0.39 is 34.9 Å². The van der Waals surface area contributed by atoms with Gasteiger partial charge in [-0.05, 0) is 24.3 Å². The summed E-state index contributed by atoms with van der Waals surface area (Å²) in [4.78, 5) is 18.6. The maximum absolute atomic E-state index is 12.3. The highest BCUT2D eigenvalue weighted by Crippen LogP contribution is 2.28. The van der Waals surface area contributed by atoms with Gasteiger partial charge in [0.05, 0.1) is 21.1 Å². The molecule has 0 spiro atoms. The van der Waals surface area contributed by atoms with Crippen molar-refractivity contribution in [2.24, 2.45) is 0 Å². The summed E-state index contributed by atoms with van der Waals surface area (Å²) in [5.74, 6) is -1.45. The molecular formula is C19H14Cl2N4O5S. The number of carbonyl (C=O) groups is 1. The third-order valence-electron chi connectivity index (χ3n) is 3.99. The number of benzene rings is 2. The minimum Gasteiger partial charge on any atom is -0.507 e. The third kappa shape index (κ3) is 5.15. The van der Waals surface area contributed by atoms with Crippen LogP contribution in [0.3, 0.4) is 0 Å². The molecular weight excluding hydrogens is 467 g/mol. The Hall–Kier alpha value is -3.10. The fourth-order valence-corrected chi connectivity index (χ4v) is 4.67. The first-order chi connectivity index (χ1) is 14.7. The summed E-state index contributed by atoms with van der Waals surface area (Å²) in [6.45, 7) is -1.41. The Kier molecular flexibility index (Phi) is 6.82. The topological polar surface area (TPSA) is 145 Å². The molecule has 0 radical (unpaired) electrons. The molecule has 9 nitrogen and oxygen atoms in total. The van der Waals surface area contributed by atoms with E-state index in [2.05, 4.69) is 9.97 Å². The predicted molar refractivity (Wildman–Crippen MR) is 114 cm³/mol. The number of sulfonamides is 1. The molecule has 0 amide bonds. The van der Waals surface area contributed by atoms with Crippen molar-refractivity contribution in [2.75, 3.05) is 13.2 Å². The van der Waals surface area contributed by atoms with Crippen molar-refractivity contribution in [1.82, 2.24) is 14.7 Å². The van der Waals surface area contributed by atoms with Crippen LogP contribution in [0.2, 0.25) is 10.0 Å². The van der Waals surface area contributed by atoms with Gasteiger partial charge < -0.3 is 14.8 Å². The monoisotopic (exact) mass is 480 g/mol. The highest BCUT2D eigenvalue weighted by Gasteiger charge is 2.23. The number of esters is 1. The zero-order valence-corrected chi connectivity index (χ0v) is 17.9. The van der Waals surface area contributed by atoms with Gasteiger partial charge >= 0.3 is 5.97 Å². The van der Waals surface area contributed by atoms with Crippen LogP contribution in [0.25, 0.3) is 16.6 Å². The van der Waals surface area contributed by atoms with Crippen LogP contribution in [-0.4, -0.2) is 42.6 Å². The lowest BCUT2D eigenvalue weighted by Gasteiger charge is -2.10. The van der Waals surface area contributed by atoms with Crippen LogP contribution in [0.15, 0.2) is 53.1 Å². The summed E-state index contributed by atoms with van der Waals surface area (Å²) in [6.07, 6.45) is 0. The quantitative estimate of drug-likeness (QED) is 0.267. The predicted octanol–water partition coefficient (Wildman–Crippen LogP) is 3.18. The Morgan fingerprint density at radius 3 is 2.52 bits per heavy atom. The number of hydrogen-bond donors (Lipinski definition) is 3. The van der Waals surface area contributed by atoms with Gasteiger partial charge in [0.25, 0.3) is 0 Å². The third-order valence-corrected chi connectivity index (χ3v) is 6.35. The Balaban J connectivity index is 1.66. The van der Waals surface area contributed by atoms with Crippen molar-refractivity contribution in [3.8, 4) is 6.07 Å². The van der Waals surface area contributed by atoms with E-state index in [0.717, 1.165) is 0 Å². The van der Waals surface area contributed by atoms with Gasteiger partial charge in [0.1, 0.15) is 29.7 Å². The van der Waals surface area contributed by atoms with Gasteiger partial charge in [-0.25, -0.2) is 13.4 Å². The van der Waals surface area contributed by atoms with Crippen molar-refractivity contribution >= 4 is 55.8 Å².